The van der Waals surface area contributed by atoms with Crippen molar-refractivity contribution in [2.45, 2.75) is 13.3 Å². The Morgan fingerprint density at radius 1 is 1.15 bits per heavy atom. The van der Waals surface area contributed by atoms with Crippen LogP contribution in [0, 0.1) is 0 Å². The number of esters is 1. The average Bonchev–Trinajstić information content (AvgIpc) is 2.66. The molecule has 2 rings (SSSR count). The third-order valence-electron chi connectivity index (χ3n) is 3.51. The molecule has 7 nitrogen and oxygen atoms in total. The molecule has 0 fully saturated rings. The third-order valence-corrected chi connectivity index (χ3v) is 3.51. The van der Waals surface area contributed by atoms with Gasteiger partial charge < -0.3 is 20.1 Å². The molecule has 1 aromatic carbocycles. The maximum Gasteiger partial charge on any atom is 0.340 e. The van der Waals surface area contributed by atoms with Gasteiger partial charge in [-0.3, -0.25) is 4.79 Å². The lowest BCUT2D eigenvalue weighted by Crippen LogP contribution is -2.26. The number of carbonyl (C=O) groups excluding carboxylic acids is 2. The normalized spacial score (nSPS) is 10.2. The Labute approximate surface area is 152 Å². The number of benzene rings is 1. The summed E-state index contributed by atoms with van der Waals surface area (Å²) in [6.45, 7) is 3.19. The number of nitrogens with zero attached hydrogens (tertiary/aromatic N) is 1. The summed E-state index contributed by atoms with van der Waals surface area (Å²) in [5, 5.41) is 5.90. The van der Waals surface area contributed by atoms with Gasteiger partial charge in [-0.15, -0.1) is 0 Å². The van der Waals surface area contributed by atoms with Crippen LogP contribution in [-0.4, -0.2) is 43.7 Å². The summed E-state index contributed by atoms with van der Waals surface area (Å²) in [5.41, 5.74) is 2.04. The highest BCUT2D eigenvalue weighted by Crippen LogP contribution is 2.21. The summed E-state index contributed by atoms with van der Waals surface area (Å²) in [6, 6.07) is 10.4. The number of amides is 1. The van der Waals surface area contributed by atoms with Crippen molar-refractivity contribution in [3.63, 3.8) is 0 Å². The highest BCUT2D eigenvalue weighted by molar-refractivity contribution is 5.96. The fraction of sp³-hybridized carbons (Fsp3) is 0.316. The zero-order chi connectivity index (χ0) is 18.8. The molecule has 0 radical (unpaired) electrons. The minimum absolute atomic E-state index is 0.237. The zero-order valence-corrected chi connectivity index (χ0v) is 15.0. The molecule has 0 spiro atoms. The van der Waals surface area contributed by atoms with Crippen molar-refractivity contribution in [3.8, 4) is 0 Å². The van der Waals surface area contributed by atoms with Crippen molar-refractivity contribution in [1.82, 2.24) is 10.3 Å². The minimum Gasteiger partial charge on any atom is -0.462 e. The lowest BCUT2D eigenvalue weighted by molar-refractivity contribution is 0.0527. The zero-order valence-electron chi connectivity index (χ0n) is 15.0. The predicted octanol–water partition coefficient (Wildman–Crippen LogP) is 2.77. The first-order valence-corrected chi connectivity index (χ1v) is 8.42. The molecule has 2 aromatic rings. The van der Waals surface area contributed by atoms with E-state index in [0.29, 0.717) is 42.4 Å². The van der Waals surface area contributed by atoms with Crippen LogP contribution in [0.3, 0.4) is 0 Å². The van der Waals surface area contributed by atoms with Gasteiger partial charge in [0.1, 0.15) is 5.69 Å². The number of para-hydroxylation sites is 1. The van der Waals surface area contributed by atoms with Gasteiger partial charge in [0, 0.05) is 20.3 Å². The lowest BCUT2D eigenvalue weighted by Gasteiger charge is -2.11. The van der Waals surface area contributed by atoms with Crippen molar-refractivity contribution < 1.29 is 19.1 Å². The van der Waals surface area contributed by atoms with Gasteiger partial charge in [0.2, 0.25) is 0 Å². The summed E-state index contributed by atoms with van der Waals surface area (Å²) in [4.78, 5) is 28.2. The van der Waals surface area contributed by atoms with E-state index in [1.54, 1.807) is 50.6 Å². The van der Waals surface area contributed by atoms with E-state index in [1.807, 2.05) is 6.07 Å². The average molecular weight is 357 g/mol. The Bertz CT molecular complexity index is 732. The SMILES string of the molecule is CCOC(=O)c1ccccc1Nc1ccc(C(=O)NCCCOC)nc1. The summed E-state index contributed by atoms with van der Waals surface area (Å²) >= 11 is 0. The number of nitrogens with one attached hydrogen (secondary N) is 2. The Balaban J connectivity index is 2.01. The maximum absolute atomic E-state index is 12.0. The second-order valence-electron chi connectivity index (χ2n) is 5.43. The molecule has 1 heterocycles. The first-order chi connectivity index (χ1) is 12.7. The van der Waals surface area contributed by atoms with Crippen LogP contribution in [0.5, 0.6) is 0 Å². The summed E-state index contributed by atoms with van der Waals surface area (Å²) in [7, 11) is 1.62. The van der Waals surface area contributed by atoms with E-state index >= 15 is 0 Å². The van der Waals surface area contributed by atoms with E-state index in [9.17, 15) is 9.59 Å². The molecule has 7 heteroatoms. The van der Waals surface area contributed by atoms with Crippen molar-refractivity contribution in [2.75, 3.05) is 32.2 Å². The summed E-state index contributed by atoms with van der Waals surface area (Å²) in [6.07, 6.45) is 2.29. The van der Waals surface area contributed by atoms with E-state index < -0.39 is 5.97 Å². The van der Waals surface area contributed by atoms with E-state index in [1.165, 1.54) is 0 Å². The number of rotatable bonds is 9. The summed E-state index contributed by atoms with van der Waals surface area (Å²) < 4.78 is 9.99. The van der Waals surface area contributed by atoms with Gasteiger partial charge in [-0.25, -0.2) is 9.78 Å². The smallest absolute Gasteiger partial charge is 0.340 e. The third kappa shape index (κ3) is 5.56. The molecular formula is C19H23N3O4. The van der Waals surface area contributed by atoms with Gasteiger partial charge >= 0.3 is 5.97 Å². The van der Waals surface area contributed by atoms with Gasteiger partial charge in [-0.05, 0) is 37.6 Å². The first kappa shape index (κ1) is 19.4. The highest BCUT2D eigenvalue weighted by atomic mass is 16.5. The van der Waals surface area contributed by atoms with Crippen molar-refractivity contribution in [2.24, 2.45) is 0 Å². The Morgan fingerprint density at radius 2 is 1.96 bits per heavy atom. The largest absolute Gasteiger partial charge is 0.462 e. The van der Waals surface area contributed by atoms with Crippen molar-refractivity contribution >= 4 is 23.3 Å². The number of hydrogen-bond donors (Lipinski definition) is 2. The molecular weight excluding hydrogens is 334 g/mol. The van der Waals surface area contributed by atoms with Gasteiger partial charge in [-0.1, -0.05) is 12.1 Å². The van der Waals surface area contributed by atoms with E-state index in [-0.39, 0.29) is 5.91 Å². The monoisotopic (exact) mass is 357 g/mol. The molecule has 138 valence electrons. The number of aromatic nitrogens is 1. The Kier molecular flexibility index (Phi) is 7.57. The molecule has 0 saturated carbocycles. The molecule has 26 heavy (non-hydrogen) atoms. The fourth-order valence-electron chi connectivity index (χ4n) is 2.25. The molecule has 1 amide bonds. The van der Waals surface area contributed by atoms with E-state index in [4.69, 9.17) is 9.47 Å². The van der Waals surface area contributed by atoms with Gasteiger partial charge in [0.05, 0.1) is 29.7 Å². The predicted molar refractivity (Wildman–Crippen MR) is 98.7 cm³/mol. The lowest BCUT2D eigenvalue weighted by atomic mass is 10.1. The molecule has 0 aliphatic heterocycles. The van der Waals surface area contributed by atoms with Crippen LogP contribution in [0.15, 0.2) is 42.6 Å². The van der Waals surface area contributed by atoms with Crippen molar-refractivity contribution in [3.05, 3.63) is 53.9 Å². The van der Waals surface area contributed by atoms with Gasteiger partial charge in [0.25, 0.3) is 5.91 Å². The minimum atomic E-state index is -0.393. The van der Waals surface area contributed by atoms with Crippen LogP contribution in [0.1, 0.15) is 34.2 Å². The van der Waals surface area contributed by atoms with E-state index in [2.05, 4.69) is 15.6 Å². The van der Waals surface area contributed by atoms with Crippen LogP contribution < -0.4 is 10.6 Å². The highest BCUT2D eigenvalue weighted by Gasteiger charge is 2.12. The molecule has 0 aliphatic carbocycles. The quantitative estimate of drug-likeness (QED) is 0.530. The molecule has 0 aliphatic rings. The number of hydrogen-bond acceptors (Lipinski definition) is 6. The van der Waals surface area contributed by atoms with Crippen LogP contribution in [-0.2, 0) is 9.47 Å². The van der Waals surface area contributed by atoms with Crippen LogP contribution >= 0.6 is 0 Å². The standard InChI is InChI=1S/C19H23N3O4/c1-3-26-19(24)15-7-4-5-8-16(15)22-14-9-10-17(21-13-14)18(23)20-11-6-12-25-2/h4-5,7-10,13,22H,3,6,11-12H2,1-2H3,(H,20,23). The second kappa shape index (κ2) is 10.1. The summed E-state index contributed by atoms with van der Waals surface area (Å²) in [5.74, 6) is -0.629. The maximum atomic E-state index is 12.0. The molecule has 0 atom stereocenters. The molecule has 1 aromatic heterocycles. The van der Waals surface area contributed by atoms with Crippen molar-refractivity contribution in [1.29, 1.82) is 0 Å². The van der Waals surface area contributed by atoms with Crippen LogP contribution in [0.2, 0.25) is 0 Å². The fourth-order valence-corrected chi connectivity index (χ4v) is 2.25. The number of ether oxygens (including phenoxy) is 2. The topological polar surface area (TPSA) is 89.5 Å². The number of methoxy groups -OCH3 is 1. The van der Waals surface area contributed by atoms with Crippen LogP contribution in [0.25, 0.3) is 0 Å². The Hall–Kier alpha value is -2.93. The molecule has 0 saturated heterocycles. The number of pyridine rings is 1. The number of anilines is 2. The van der Waals surface area contributed by atoms with E-state index in [0.717, 1.165) is 6.42 Å². The number of carbonyl (C=O) groups is 2. The van der Waals surface area contributed by atoms with Gasteiger partial charge in [-0.2, -0.15) is 0 Å². The first-order valence-electron chi connectivity index (χ1n) is 8.42. The molecule has 0 bridgehead atoms. The van der Waals surface area contributed by atoms with Crippen LogP contribution in [0.4, 0.5) is 11.4 Å². The second-order valence-corrected chi connectivity index (χ2v) is 5.43. The Morgan fingerprint density at radius 3 is 2.65 bits per heavy atom. The van der Waals surface area contributed by atoms with Gasteiger partial charge in [0.15, 0.2) is 0 Å². The molecule has 0 unspecified atom stereocenters. The molecule has 2 N–H and O–H groups in total.